The van der Waals surface area contributed by atoms with E-state index in [1.54, 1.807) is 0 Å². The van der Waals surface area contributed by atoms with Crippen LogP contribution in [0.4, 0.5) is 0 Å². The van der Waals surface area contributed by atoms with E-state index in [4.69, 9.17) is 5.73 Å². The monoisotopic (exact) mass is 270 g/mol. The van der Waals surface area contributed by atoms with Crippen LogP contribution in [-0.4, -0.2) is 29.6 Å². The molecule has 0 spiro atoms. The standard InChI is InChI=1S/C14H26N2O3/c1-3-10(2)11(15)12(17)16-9-14(13(18)19)7-5-4-6-8-14/h10-11H,3-9,15H2,1-2H3,(H,16,17)(H,18,19)/t10?,11-/m0/s1. The molecule has 0 heterocycles. The van der Waals surface area contributed by atoms with Gasteiger partial charge in [-0.2, -0.15) is 0 Å². The zero-order valence-corrected chi connectivity index (χ0v) is 11.9. The number of aliphatic carboxylic acids is 1. The van der Waals surface area contributed by atoms with Gasteiger partial charge in [0, 0.05) is 6.54 Å². The van der Waals surface area contributed by atoms with Crippen LogP contribution in [0.1, 0.15) is 52.4 Å². The van der Waals surface area contributed by atoms with Gasteiger partial charge in [0.05, 0.1) is 11.5 Å². The lowest BCUT2D eigenvalue weighted by atomic mass is 9.74. The third kappa shape index (κ3) is 3.93. The molecule has 2 atom stereocenters. The lowest BCUT2D eigenvalue weighted by molar-refractivity contribution is -0.151. The van der Waals surface area contributed by atoms with Gasteiger partial charge in [0.25, 0.3) is 0 Å². The molecule has 0 bridgehead atoms. The maximum atomic E-state index is 11.9. The second-order valence-electron chi connectivity index (χ2n) is 5.78. The first kappa shape index (κ1) is 16.0. The lowest BCUT2D eigenvalue weighted by Gasteiger charge is -2.33. The van der Waals surface area contributed by atoms with Crippen molar-refractivity contribution < 1.29 is 14.7 Å². The molecule has 0 radical (unpaired) electrons. The Balaban J connectivity index is 2.57. The number of carboxylic acids is 1. The fourth-order valence-corrected chi connectivity index (χ4v) is 2.58. The number of carbonyl (C=O) groups excluding carboxylic acids is 1. The molecule has 0 aromatic carbocycles. The number of nitrogens with two attached hydrogens (primary N) is 1. The molecular weight excluding hydrogens is 244 g/mol. The Labute approximate surface area is 114 Å². The maximum Gasteiger partial charge on any atom is 0.311 e. The smallest absolute Gasteiger partial charge is 0.311 e. The van der Waals surface area contributed by atoms with Crippen molar-refractivity contribution in [3.8, 4) is 0 Å². The fraction of sp³-hybridized carbons (Fsp3) is 0.857. The van der Waals surface area contributed by atoms with E-state index in [9.17, 15) is 14.7 Å². The molecule has 19 heavy (non-hydrogen) atoms. The lowest BCUT2D eigenvalue weighted by Crippen LogP contribution is -2.50. The van der Waals surface area contributed by atoms with E-state index < -0.39 is 17.4 Å². The normalized spacial score (nSPS) is 21.4. The summed E-state index contributed by atoms with van der Waals surface area (Å²) in [5, 5.41) is 12.2. The van der Waals surface area contributed by atoms with Crippen molar-refractivity contribution in [1.82, 2.24) is 5.32 Å². The number of carboxylic acid groups (broad SMARTS) is 1. The third-order valence-corrected chi connectivity index (χ3v) is 4.43. The molecule has 1 rings (SSSR count). The highest BCUT2D eigenvalue weighted by molar-refractivity contribution is 5.83. The largest absolute Gasteiger partial charge is 0.481 e. The minimum Gasteiger partial charge on any atom is -0.481 e. The van der Waals surface area contributed by atoms with Gasteiger partial charge >= 0.3 is 5.97 Å². The van der Waals surface area contributed by atoms with Crippen molar-refractivity contribution in [3.05, 3.63) is 0 Å². The van der Waals surface area contributed by atoms with E-state index in [-0.39, 0.29) is 18.4 Å². The average molecular weight is 270 g/mol. The summed E-state index contributed by atoms with van der Waals surface area (Å²) >= 11 is 0. The number of carbonyl (C=O) groups is 2. The van der Waals surface area contributed by atoms with Crippen LogP contribution in [0.2, 0.25) is 0 Å². The summed E-state index contributed by atoms with van der Waals surface area (Å²) in [6.07, 6.45) is 5.02. The fourth-order valence-electron chi connectivity index (χ4n) is 2.58. The number of rotatable bonds is 6. The molecular formula is C14H26N2O3. The second-order valence-corrected chi connectivity index (χ2v) is 5.78. The first-order valence-electron chi connectivity index (χ1n) is 7.19. The summed E-state index contributed by atoms with van der Waals surface area (Å²) in [6.45, 7) is 4.11. The molecule has 0 aliphatic heterocycles. The van der Waals surface area contributed by atoms with Crippen molar-refractivity contribution >= 4 is 11.9 Å². The summed E-state index contributed by atoms with van der Waals surface area (Å²) in [6, 6.07) is -0.556. The molecule has 1 saturated carbocycles. The number of amides is 1. The first-order chi connectivity index (χ1) is 8.93. The molecule has 4 N–H and O–H groups in total. The Morgan fingerprint density at radius 2 is 1.89 bits per heavy atom. The van der Waals surface area contributed by atoms with Crippen LogP contribution in [0, 0.1) is 11.3 Å². The molecule has 1 aliphatic rings. The Morgan fingerprint density at radius 1 is 1.32 bits per heavy atom. The molecule has 5 nitrogen and oxygen atoms in total. The number of hydrogen-bond donors (Lipinski definition) is 3. The van der Waals surface area contributed by atoms with Gasteiger partial charge in [0.1, 0.15) is 0 Å². The van der Waals surface area contributed by atoms with Gasteiger partial charge in [0.15, 0.2) is 0 Å². The minimum absolute atomic E-state index is 0.104. The number of nitrogens with one attached hydrogen (secondary N) is 1. The Bertz CT molecular complexity index is 325. The SMILES string of the molecule is CCC(C)[C@H](N)C(=O)NCC1(C(=O)O)CCCCC1. The van der Waals surface area contributed by atoms with E-state index in [1.807, 2.05) is 13.8 Å². The highest BCUT2D eigenvalue weighted by Crippen LogP contribution is 2.36. The topological polar surface area (TPSA) is 92.4 Å². The zero-order valence-electron chi connectivity index (χ0n) is 11.9. The summed E-state index contributed by atoms with van der Waals surface area (Å²) in [5.74, 6) is -0.933. The summed E-state index contributed by atoms with van der Waals surface area (Å²) < 4.78 is 0. The van der Waals surface area contributed by atoms with Crippen molar-refractivity contribution in [2.24, 2.45) is 17.1 Å². The van der Waals surface area contributed by atoms with Crippen LogP contribution in [0.5, 0.6) is 0 Å². The molecule has 5 heteroatoms. The second kappa shape index (κ2) is 6.89. The Morgan fingerprint density at radius 3 is 2.37 bits per heavy atom. The predicted molar refractivity (Wildman–Crippen MR) is 73.6 cm³/mol. The first-order valence-corrected chi connectivity index (χ1v) is 7.19. The average Bonchev–Trinajstić information content (AvgIpc) is 2.43. The summed E-state index contributed by atoms with van der Waals surface area (Å²) in [7, 11) is 0. The summed E-state index contributed by atoms with van der Waals surface area (Å²) in [5.41, 5.74) is 5.06. The van der Waals surface area contributed by atoms with E-state index >= 15 is 0 Å². The van der Waals surface area contributed by atoms with Crippen LogP contribution < -0.4 is 11.1 Å². The molecule has 0 saturated heterocycles. The molecule has 1 unspecified atom stereocenters. The highest BCUT2D eigenvalue weighted by atomic mass is 16.4. The van der Waals surface area contributed by atoms with Gasteiger partial charge in [-0.1, -0.05) is 39.5 Å². The van der Waals surface area contributed by atoms with Crippen LogP contribution in [-0.2, 0) is 9.59 Å². The van der Waals surface area contributed by atoms with E-state index in [0.717, 1.165) is 25.7 Å². The maximum absolute atomic E-state index is 11.9. The molecule has 1 aliphatic carbocycles. The highest BCUT2D eigenvalue weighted by Gasteiger charge is 2.40. The third-order valence-electron chi connectivity index (χ3n) is 4.43. The van der Waals surface area contributed by atoms with Crippen molar-refractivity contribution in [2.45, 2.75) is 58.4 Å². The van der Waals surface area contributed by atoms with Crippen molar-refractivity contribution in [2.75, 3.05) is 6.54 Å². The van der Waals surface area contributed by atoms with Crippen molar-refractivity contribution in [1.29, 1.82) is 0 Å². The summed E-state index contributed by atoms with van der Waals surface area (Å²) in [4.78, 5) is 23.4. The Hall–Kier alpha value is -1.10. The van der Waals surface area contributed by atoms with Gasteiger partial charge in [-0.15, -0.1) is 0 Å². The predicted octanol–water partition coefficient (Wildman–Crippen LogP) is 1.51. The van der Waals surface area contributed by atoms with Gasteiger partial charge in [-0.3, -0.25) is 9.59 Å². The zero-order chi connectivity index (χ0) is 14.5. The van der Waals surface area contributed by atoms with Crippen LogP contribution in [0.15, 0.2) is 0 Å². The quantitative estimate of drug-likeness (QED) is 0.682. The van der Waals surface area contributed by atoms with Gasteiger partial charge in [-0.25, -0.2) is 0 Å². The molecule has 110 valence electrons. The van der Waals surface area contributed by atoms with E-state index in [1.165, 1.54) is 0 Å². The van der Waals surface area contributed by atoms with Crippen LogP contribution >= 0.6 is 0 Å². The Kier molecular flexibility index (Phi) is 5.79. The van der Waals surface area contributed by atoms with Crippen LogP contribution in [0.3, 0.4) is 0 Å². The van der Waals surface area contributed by atoms with E-state index in [2.05, 4.69) is 5.32 Å². The van der Waals surface area contributed by atoms with Crippen molar-refractivity contribution in [3.63, 3.8) is 0 Å². The minimum atomic E-state index is -0.801. The van der Waals surface area contributed by atoms with Gasteiger partial charge in [-0.05, 0) is 18.8 Å². The molecule has 0 aromatic rings. The van der Waals surface area contributed by atoms with Gasteiger partial charge in [0.2, 0.25) is 5.91 Å². The van der Waals surface area contributed by atoms with E-state index in [0.29, 0.717) is 12.8 Å². The number of hydrogen-bond acceptors (Lipinski definition) is 3. The van der Waals surface area contributed by atoms with Crippen LogP contribution in [0.25, 0.3) is 0 Å². The van der Waals surface area contributed by atoms with Gasteiger partial charge < -0.3 is 16.2 Å². The molecule has 1 amide bonds. The molecule has 1 fully saturated rings. The molecule has 0 aromatic heterocycles.